The summed E-state index contributed by atoms with van der Waals surface area (Å²) in [5, 5.41) is 11.0. The topological polar surface area (TPSA) is 76.0 Å². The predicted octanol–water partition coefficient (Wildman–Crippen LogP) is 6.36. The van der Waals surface area contributed by atoms with E-state index in [1.54, 1.807) is 18.2 Å². The van der Waals surface area contributed by atoms with Crippen LogP contribution in [0.15, 0.2) is 54.6 Å². The maximum absolute atomic E-state index is 11.6. The second-order valence-electron chi connectivity index (χ2n) is 7.26. The number of aryl methyl sites for hydroxylation is 1. The Balaban J connectivity index is 1.79. The lowest BCUT2D eigenvalue weighted by atomic mass is 9.98. The lowest BCUT2D eigenvalue weighted by Gasteiger charge is -2.14. The van der Waals surface area contributed by atoms with Gasteiger partial charge < -0.3 is 19.3 Å². The minimum atomic E-state index is -3.81. The summed E-state index contributed by atoms with van der Waals surface area (Å²) in [6.45, 7) is 2.03. The minimum absolute atomic E-state index is 0.233. The number of aromatic hydroxyl groups is 1. The van der Waals surface area contributed by atoms with Gasteiger partial charge >= 0.3 is 7.60 Å². The Kier molecular flexibility index (Phi) is 7.68. The number of phenolic OH excluding ortho intramolecular Hbond substituents is 1. The van der Waals surface area contributed by atoms with Crippen LogP contribution >= 0.6 is 30.8 Å². The van der Waals surface area contributed by atoms with E-state index in [0.717, 1.165) is 23.8 Å². The normalized spacial score (nSPS) is 13.1. The zero-order valence-corrected chi connectivity index (χ0v) is 19.5. The lowest BCUT2D eigenvalue weighted by Crippen LogP contribution is -2.01. The van der Waals surface area contributed by atoms with E-state index in [1.807, 2.05) is 43.3 Å². The van der Waals surface area contributed by atoms with Crippen LogP contribution in [0.3, 0.4) is 0 Å². The molecular formula is C23H23Cl2O5P. The zero-order valence-electron chi connectivity index (χ0n) is 17.1. The summed E-state index contributed by atoms with van der Waals surface area (Å²) in [6, 6.07) is 16.7. The van der Waals surface area contributed by atoms with Gasteiger partial charge in [0.1, 0.15) is 11.5 Å². The van der Waals surface area contributed by atoms with E-state index < -0.39 is 13.9 Å². The van der Waals surface area contributed by atoms with E-state index in [-0.39, 0.29) is 11.5 Å². The molecule has 0 aliphatic carbocycles. The average molecular weight is 481 g/mol. The standard InChI is InChI=1S/C23H23Cl2O5P/c1-15-3-5-16(6-4-15)9-18-10-17(7-8-23(18)26)11-20-21(24)12-19(13-22(20)25)30-14-31(27,28)29-2/h3-8,10,12-13,26H,9,11,14H2,1-2H3,(H,27,28). The van der Waals surface area contributed by atoms with Gasteiger partial charge in [-0.15, -0.1) is 0 Å². The molecule has 0 saturated carbocycles. The van der Waals surface area contributed by atoms with Gasteiger partial charge in [-0.05, 0) is 47.4 Å². The second-order valence-corrected chi connectivity index (χ2v) is 9.97. The second kappa shape index (κ2) is 10.1. The van der Waals surface area contributed by atoms with Crippen LogP contribution in [0.2, 0.25) is 10.0 Å². The molecule has 2 N–H and O–H groups in total. The molecule has 0 aliphatic rings. The van der Waals surface area contributed by atoms with Crippen LogP contribution in [0.5, 0.6) is 11.5 Å². The van der Waals surface area contributed by atoms with E-state index in [1.165, 1.54) is 5.56 Å². The number of hydrogen-bond donors (Lipinski definition) is 2. The SMILES string of the molecule is COP(=O)(O)COc1cc(Cl)c(Cc2ccc(O)c(Cc3ccc(C)cc3)c2)c(Cl)c1. The van der Waals surface area contributed by atoms with Crippen LogP contribution in [0.25, 0.3) is 0 Å². The predicted molar refractivity (Wildman–Crippen MR) is 124 cm³/mol. The molecule has 0 aromatic heterocycles. The summed E-state index contributed by atoms with van der Waals surface area (Å²) in [5.41, 5.74) is 4.74. The molecule has 3 aromatic rings. The summed E-state index contributed by atoms with van der Waals surface area (Å²) in [4.78, 5) is 9.46. The lowest BCUT2D eigenvalue weighted by molar-refractivity contribution is 0.269. The highest BCUT2D eigenvalue weighted by Gasteiger charge is 2.19. The fraction of sp³-hybridized carbons (Fsp3) is 0.217. The first-order chi connectivity index (χ1) is 14.7. The Hall–Kier alpha value is -2.01. The Morgan fingerprint density at radius 3 is 2.16 bits per heavy atom. The van der Waals surface area contributed by atoms with Crippen molar-refractivity contribution in [3.05, 3.63) is 92.5 Å². The van der Waals surface area contributed by atoms with Crippen molar-refractivity contribution < 1.29 is 23.8 Å². The summed E-state index contributed by atoms with van der Waals surface area (Å²) < 4.78 is 21.4. The fourth-order valence-corrected chi connectivity index (χ4v) is 4.08. The molecule has 3 aromatic carbocycles. The summed E-state index contributed by atoms with van der Waals surface area (Å²) in [5.74, 6) is 0.507. The third-order valence-electron chi connectivity index (χ3n) is 4.83. The van der Waals surface area contributed by atoms with Gasteiger partial charge in [-0.1, -0.05) is 65.2 Å². The molecule has 0 bridgehead atoms. The number of ether oxygens (including phenoxy) is 1. The number of benzene rings is 3. The van der Waals surface area contributed by atoms with Crippen LogP contribution in [-0.4, -0.2) is 23.5 Å². The van der Waals surface area contributed by atoms with Gasteiger partial charge in [0, 0.05) is 30.0 Å². The van der Waals surface area contributed by atoms with Crippen molar-refractivity contribution in [1.82, 2.24) is 0 Å². The first-order valence-corrected chi connectivity index (χ1v) is 12.0. The first kappa shape index (κ1) is 23.6. The molecule has 164 valence electrons. The Morgan fingerprint density at radius 1 is 0.935 bits per heavy atom. The number of rotatable bonds is 8. The Bertz CT molecular complexity index is 1090. The van der Waals surface area contributed by atoms with Crippen LogP contribution in [0, 0.1) is 6.92 Å². The van der Waals surface area contributed by atoms with Gasteiger partial charge in [-0.25, -0.2) is 0 Å². The molecule has 3 rings (SSSR count). The molecule has 0 saturated heterocycles. The molecule has 1 unspecified atom stereocenters. The van der Waals surface area contributed by atoms with E-state index in [9.17, 15) is 14.6 Å². The molecule has 0 aliphatic heterocycles. The van der Waals surface area contributed by atoms with E-state index in [0.29, 0.717) is 28.5 Å². The molecule has 5 nitrogen and oxygen atoms in total. The van der Waals surface area contributed by atoms with Gasteiger partial charge in [0.2, 0.25) is 0 Å². The highest BCUT2D eigenvalue weighted by Crippen LogP contribution is 2.41. The number of halogens is 2. The first-order valence-electron chi connectivity index (χ1n) is 9.51. The van der Waals surface area contributed by atoms with Crippen LogP contribution < -0.4 is 4.74 Å². The Labute approximate surface area is 191 Å². The van der Waals surface area contributed by atoms with Crippen LogP contribution in [-0.2, 0) is 21.9 Å². The average Bonchev–Trinajstić information content (AvgIpc) is 2.73. The Morgan fingerprint density at radius 2 is 1.55 bits per heavy atom. The van der Waals surface area contributed by atoms with Gasteiger partial charge in [0.05, 0.1) is 0 Å². The highest BCUT2D eigenvalue weighted by molar-refractivity contribution is 7.52. The quantitative estimate of drug-likeness (QED) is 0.367. The van der Waals surface area contributed by atoms with E-state index >= 15 is 0 Å². The third kappa shape index (κ3) is 6.49. The highest BCUT2D eigenvalue weighted by atomic mass is 35.5. The molecule has 0 heterocycles. The maximum atomic E-state index is 11.6. The zero-order chi connectivity index (χ0) is 22.6. The molecule has 31 heavy (non-hydrogen) atoms. The molecule has 0 spiro atoms. The van der Waals surface area contributed by atoms with Crippen molar-refractivity contribution >= 4 is 30.8 Å². The summed E-state index contributed by atoms with van der Waals surface area (Å²) in [7, 11) is -2.67. The molecule has 1 atom stereocenters. The molecule has 8 heteroatoms. The number of hydrogen-bond acceptors (Lipinski definition) is 4. The van der Waals surface area contributed by atoms with Crippen LogP contribution in [0.4, 0.5) is 0 Å². The molecule has 0 radical (unpaired) electrons. The monoisotopic (exact) mass is 480 g/mol. The van der Waals surface area contributed by atoms with Crippen molar-refractivity contribution in [2.75, 3.05) is 13.5 Å². The van der Waals surface area contributed by atoms with Gasteiger partial charge in [0.25, 0.3) is 0 Å². The maximum Gasteiger partial charge on any atom is 0.364 e. The fourth-order valence-electron chi connectivity index (χ4n) is 3.06. The van der Waals surface area contributed by atoms with E-state index in [4.69, 9.17) is 27.9 Å². The molecule has 0 fully saturated rings. The van der Waals surface area contributed by atoms with Crippen LogP contribution in [0.1, 0.15) is 27.8 Å². The van der Waals surface area contributed by atoms with Gasteiger partial charge in [0.15, 0.2) is 6.35 Å². The van der Waals surface area contributed by atoms with E-state index in [2.05, 4.69) is 4.52 Å². The van der Waals surface area contributed by atoms with Crippen molar-refractivity contribution in [2.45, 2.75) is 19.8 Å². The minimum Gasteiger partial charge on any atom is -0.508 e. The van der Waals surface area contributed by atoms with Gasteiger partial charge in [-0.3, -0.25) is 4.57 Å². The van der Waals surface area contributed by atoms with Crippen molar-refractivity contribution in [3.8, 4) is 11.5 Å². The smallest absolute Gasteiger partial charge is 0.364 e. The van der Waals surface area contributed by atoms with Crippen molar-refractivity contribution in [1.29, 1.82) is 0 Å². The summed E-state index contributed by atoms with van der Waals surface area (Å²) >= 11 is 12.8. The molecular weight excluding hydrogens is 458 g/mol. The molecule has 0 amide bonds. The summed E-state index contributed by atoms with van der Waals surface area (Å²) in [6.07, 6.45) is 0.556. The van der Waals surface area contributed by atoms with Gasteiger partial charge in [-0.2, -0.15) is 0 Å². The van der Waals surface area contributed by atoms with Crippen molar-refractivity contribution in [2.24, 2.45) is 0 Å². The largest absolute Gasteiger partial charge is 0.508 e. The number of phenols is 1. The third-order valence-corrected chi connectivity index (χ3v) is 6.53. The van der Waals surface area contributed by atoms with Crippen molar-refractivity contribution in [3.63, 3.8) is 0 Å².